The molecular weight excluding hydrogens is 376 g/mol. The molecule has 1 aliphatic rings. The molecule has 0 bridgehead atoms. The number of carbonyl (C=O) groups excluding carboxylic acids is 1. The Morgan fingerprint density at radius 1 is 1.25 bits per heavy atom. The molecule has 0 fully saturated rings. The number of nitrogens with two attached hydrogens (primary N) is 1. The molecule has 0 spiro atoms. The third-order valence-corrected chi connectivity index (χ3v) is 4.86. The molecule has 146 valence electrons. The Bertz CT molecular complexity index is 969. The minimum absolute atomic E-state index is 0. The molecule has 7 nitrogen and oxygen atoms in total. The summed E-state index contributed by atoms with van der Waals surface area (Å²) < 4.78 is 0. The van der Waals surface area contributed by atoms with Crippen LogP contribution in [0.25, 0.3) is 11.4 Å². The second-order valence-electron chi connectivity index (χ2n) is 6.98. The third-order valence-electron chi connectivity index (χ3n) is 4.86. The van der Waals surface area contributed by atoms with Gasteiger partial charge in [-0.15, -0.1) is 22.6 Å². The minimum Gasteiger partial charge on any atom is -0.399 e. The molecule has 3 aromatic rings. The second kappa shape index (κ2) is 8.39. The number of nitrogens with one attached hydrogen (secondary N) is 1. The summed E-state index contributed by atoms with van der Waals surface area (Å²) in [6.07, 6.45) is 2.94. The number of fused-ring (bicyclic) bond motifs is 1. The van der Waals surface area contributed by atoms with Gasteiger partial charge in [0.2, 0.25) is 11.7 Å². The number of rotatable bonds is 4. The van der Waals surface area contributed by atoms with Crippen molar-refractivity contribution in [2.75, 3.05) is 5.73 Å². The van der Waals surface area contributed by atoms with Gasteiger partial charge >= 0.3 is 0 Å². The molecule has 0 saturated carbocycles. The lowest BCUT2D eigenvalue weighted by Crippen LogP contribution is -2.34. The van der Waals surface area contributed by atoms with Gasteiger partial charge in [0, 0.05) is 11.3 Å². The molecule has 0 saturated heterocycles. The van der Waals surface area contributed by atoms with Crippen molar-refractivity contribution in [1.29, 1.82) is 0 Å². The van der Waals surface area contributed by atoms with Crippen molar-refractivity contribution in [2.24, 2.45) is 0 Å². The Balaban J connectivity index is 0.00000225. The summed E-state index contributed by atoms with van der Waals surface area (Å²) in [7, 11) is 0. The first-order chi connectivity index (χ1) is 13.1. The van der Waals surface area contributed by atoms with Crippen molar-refractivity contribution >= 4 is 24.0 Å². The topological polar surface area (TPSA) is 98.7 Å². The Morgan fingerprint density at radius 2 is 2.04 bits per heavy atom. The van der Waals surface area contributed by atoms with Gasteiger partial charge in [0.25, 0.3) is 0 Å². The average molecular weight is 399 g/mol. The zero-order valence-electron chi connectivity index (χ0n) is 15.6. The van der Waals surface area contributed by atoms with Crippen molar-refractivity contribution in [2.45, 2.75) is 38.8 Å². The van der Waals surface area contributed by atoms with Gasteiger partial charge in [0.15, 0.2) is 0 Å². The number of amides is 1. The predicted octanol–water partition coefficient (Wildman–Crippen LogP) is 2.85. The Labute approximate surface area is 169 Å². The monoisotopic (exact) mass is 398 g/mol. The zero-order chi connectivity index (χ0) is 18.8. The van der Waals surface area contributed by atoms with Crippen LogP contribution in [0.2, 0.25) is 0 Å². The fourth-order valence-electron chi connectivity index (χ4n) is 3.48. The number of aromatic nitrogens is 4. The highest BCUT2D eigenvalue weighted by atomic mass is 35.5. The van der Waals surface area contributed by atoms with E-state index in [0.717, 1.165) is 36.1 Å². The fraction of sp³-hybridized carbons (Fsp3) is 0.300. The Hall–Kier alpha value is -2.93. The van der Waals surface area contributed by atoms with Gasteiger partial charge in [0.1, 0.15) is 6.54 Å². The lowest BCUT2D eigenvalue weighted by Gasteiger charge is -2.26. The molecule has 3 N–H and O–H groups in total. The van der Waals surface area contributed by atoms with E-state index >= 15 is 0 Å². The van der Waals surface area contributed by atoms with E-state index in [9.17, 15) is 4.79 Å². The zero-order valence-corrected chi connectivity index (χ0v) is 16.4. The highest BCUT2D eigenvalue weighted by Crippen LogP contribution is 2.30. The van der Waals surface area contributed by atoms with Crippen molar-refractivity contribution in [3.8, 4) is 11.4 Å². The van der Waals surface area contributed by atoms with Crippen LogP contribution < -0.4 is 11.1 Å². The number of anilines is 1. The Morgan fingerprint density at radius 3 is 2.82 bits per heavy atom. The average Bonchev–Trinajstić information content (AvgIpc) is 3.10. The van der Waals surface area contributed by atoms with Crippen molar-refractivity contribution in [1.82, 2.24) is 25.5 Å². The lowest BCUT2D eigenvalue weighted by atomic mass is 9.87. The number of benzene rings is 2. The van der Waals surface area contributed by atoms with E-state index in [-0.39, 0.29) is 30.9 Å². The maximum atomic E-state index is 12.5. The van der Waals surface area contributed by atoms with Crippen LogP contribution >= 0.6 is 12.4 Å². The normalized spacial score (nSPS) is 15.4. The summed E-state index contributed by atoms with van der Waals surface area (Å²) >= 11 is 0. The number of halogens is 1. The maximum absolute atomic E-state index is 12.5. The first-order valence-corrected chi connectivity index (χ1v) is 9.11. The molecular formula is C20H23ClN6O. The van der Waals surface area contributed by atoms with Crippen LogP contribution in [0.3, 0.4) is 0 Å². The molecule has 1 atom stereocenters. The third kappa shape index (κ3) is 4.31. The second-order valence-corrected chi connectivity index (χ2v) is 6.98. The van der Waals surface area contributed by atoms with Crippen LogP contribution in [0.5, 0.6) is 0 Å². The van der Waals surface area contributed by atoms with Crippen LogP contribution in [0, 0.1) is 6.92 Å². The molecule has 4 rings (SSSR count). The SMILES string of the molecule is Cc1ccc(-c2nnn(CC(=O)NC3CCCc4cc(N)ccc43)n2)cc1.Cl. The largest absolute Gasteiger partial charge is 0.399 e. The van der Waals surface area contributed by atoms with Crippen molar-refractivity contribution in [3.63, 3.8) is 0 Å². The molecule has 1 amide bonds. The summed E-state index contributed by atoms with van der Waals surface area (Å²) in [6, 6.07) is 13.8. The predicted molar refractivity (Wildman–Crippen MR) is 110 cm³/mol. The first kappa shape index (κ1) is 19.8. The molecule has 1 aliphatic carbocycles. The summed E-state index contributed by atoms with van der Waals surface area (Å²) in [6.45, 7) is 2.07. The van der Waals surface area contributed by atoms with E-state index in [0.29, 0.717) is 5.82 Å². The molecule has 8 heteroatoms. The number of tetrazole rings is 1. The van der Waals surface area contributed by atoms with E-state index < -0.39 is 0 Å². The molecule has 0 radical (unpaired) electrons. The summed E-state index contributed by atoms with van der Waals surface area (Å²) in [5, 5.41) is 15.5. The first-order valence-electron chi connectivity index (χ1n) is 9.11. The van der Waals surface area contributed by atoms with Gasteiger partial charge < -0.3 is 11.1 Å². The van der Waals surface area contributed by atoms with Crippen LogP contribution in [-0.2, 0) is 17.8 Å². The minimum atomic E-state index is -0.127. The van der Waals surface area contributed by atoms with Crippen LogP contribution in [-0.4, -0.2) is 26.1 Å². The summed E-state index contributed by atoms with van der Waals surface area (Å²) in [4.78, 5) is 13.8. The molecule has 1 heterocycles. The lowest BCUT2D eigenvalue weighted by molar-refractivity contribution is -0.122. The standard InChI is InChI=1S/C20H22N6O.ClH/c1-13-5-7-14(8-6-13)20-23-25-26(24-20)12-19(27)22-18-4-2-3-15-11-16(21)9-10-17(15)18;/h5-11,18H,2-4,12,21H2,1H3,(H,22,27);1H. The molecule has 2 aromatic carbocycles. The van der Waals surface area contributed by atoms with Gasteiger partial charge in [-0.2, -0.15) is 4.80 Å². The Kier molecular flexibility index (Phi) is 5.94. The number of carbonyl (C=O) groups is 1. The summed E-state index contributed by atoms with van der Waals surface area (Å²) in [5.74, 6) is 0.388. The number of nitrogen functional groups attached to an aromatic ring is 1. The molecule has 1 aromatic heterocycles. The van der Waals surface area contributed by atoms with Gasteiger partial charge in [0.05, 0.1) is 6.04 Å². The summed E-state index contributed by atoms with van der Waals surface area (Å²) in [5.41, 5.74) is 11.0. The quantitative estimate of drug-likeness (QED) is 0.658. The van der Waals surface area contributed by atoms with Gasteiger partial charge in [-0.25, -0.2) is 0 Å². The smallest absolute Gasteiger partial charge is 0.244 e. The van der Waals surface area contributed by atoms with Gasteiger partial charge in [-0.3, -0.25) is 4.79 Å². The van der Waals surface area contributed by atoms with Crippen molar-refractivity contribution in [3.05, 3.63) is 59.2 Å². The highest BCUT2D eigenvalue weighted by Gasteiger charge is 2.22. The van der Waals surface area contributed by atoms with E-state index in [1.165, 1.54) is 15.9 Å². The van der Waals surface area contributed by atoms with Gasteiger partial charge in [-0.1, -0.05) is 35.9 Å². The molecule has 1 unspecified atom stereocenters. The van der Waals surface area contributed by atoms with E-state index in [4.69, 9.17) is 5.73 Å². The molecule has 28 heavy (non-hydrogen) atoms. The van der Waals surface area contributed by atoms with Crippen molar-refractivity contribution < 1.29 is 4.79 Å². The van der Waals surface area contributed by atoms with Gasteiger partial charge in [-0.05, 0) is 54.7 Å². The van der Waals surface area contributed by atoms with E-state index in [1.807, 2.05) is 49.4 Å². The van der Waals surface area contributed by atoms with Crippen LogP contribution in [0.15, 0.2) is 42.5 Å². The number of nitrogens with zero attached hydrogens (tertiary/aromatic N) is 4. The van der Waals surface area contributed by atoms with Crippen LogP contribution in [0.4, 0.5) is 5.69 Å². The van der Waals surface area contributed by atoms with E-state index in [2.05, 4.69) is 20.7 Å². The van der Waals surface area contributed by atoms with Crippen LogP contribution in [0.1, 0.15) is 35.6 Å². The number of hydrogen-bond acceptors (Lipinski definition) is 5. The fourth-order valence-corrected chi connectivity index (χ4v) is 3.48. The van der Waals surface area contributed by atoms with E-state index in [1.54, 1.807) is 0 Å². The maximum Gasteiger partial charge on any atom is 0.244 e. The number of aryl methyl sites for hydroxylation is 2. The molecule has 0 aliphatic heterocycles. The number of hydrogen-bond donors (Lipinski definition) is 2. The highest BCUT2D eigenvalue weighted by molar-refractivity contribution is 5.85.